The van der Waals surface area contributed by atoms with Crippen LogP contribution in [0.3, 0.4) is 0 Å². The van der Waals surface area contributed by atoms with Gasteiger partial charge in [0.25, 0.3) is 0 Å². The molecule has 1 N–H and O–H groups in total. The van der Waals surface area contributed by atoms with Crippen molar-refractivity contribution in [3.63, 3.8) is 0 Å². The van der Waals surface area contributed by atoms with Gasteiger partial charge in [-0.1, -0.05) is 30.3 Å². The normalized spacial score (nSPS) is 16.4. The van der Waals surface area contributed by atoms with Gasteiger partial charge in [-0.15, -0.1) is 0 Å². The molecular weight excluding hydrogens is 396 g/mol. The van der Waals surface area contributed by atoms with E-state index in [1.54, 1.807) is 19.4 Å². The number of ether oxygens (including phenoxy) is 1. The Morgan fingerprint density at radius 3 is 2.50 bits per heavy atom. The number of allylic oxidation sites excluding steroid dienone is 1. The molecule has 4 rings (SSSR count). The third-order valence-corrected chi connectivity index (χ3v) is 5.32. The molecule has 30 heavy (non-hydrogen) atoms. The highest BCUT2D eigenvalue weighted by Gasteiger charge is 2.35. The first kappa shape index (κ1) is 19.8. The quantitative estimate of drug-likeness (QED) is 0.496. The number of aromatic nitrogens is 2. The Kier molecular flexibility index (Phi) is 5.63. The first-order valence-corrected chi connectivity index (χ1v) is 10.1. The highest BCUT2D eigenvalue weighted by molar-refractivity contribution is 7.80. The topological polar surface area (TPSA) is 59.4 Å². The Morgan fingerprint density at radius 1 is 1.13 bits per heavy atom. The maximum Gasteiger partial charge on any atom is 0.338 e. The Bertz CT molecular complexity index is 1080. The van der Waals surface area contributed by atoms with Crippen LogP contribution in [0.2, 0.25) is 0 Å². The SMILES string of the molecule is CCOC(=O)C1=C(C)N(c2ccccc2)C(=S)NC1c1ccc(-n2ccnc2)cc1. The zero-order chi connectivity index (χ0) is 21.1. The molecule has 1 aliphatic rings. The largest absolute Gasteiger partial charge is 0.463 e. The van der Waals surface area contributed by atoms with Crippen molar-refractivity contribution in [2.45, 2.75) is 19.9 Å². The molecule has 1 unspecified atom stereocenters. The van der Waals surface area contributed by atoms with Gasteiger partial charge in [-0.2, -0.15) is 0 Å². The predicted octanol–water partition coefficient (Wildman–Crippen LogP) is 4.15. The second-order valence-corrected chi connectivity index (χ2v) is 7.22. The zero-order valence-corrected chi connectivity index (χ0v) is 17.6. The summed E-state index contributed by atoms with van der Waals surface area (Å²) in [5.41, 5.74) is 4.11. The van der Waals surface area contributed by atoms with Crippen LogP contribution in [0.15, 0.2) is 84.6 Å². The molecule has 0 saturated carbocycles. The van der Waals surface area contributed by atoms with Gasteiger partial charge in [0, 0.05) is 29.5 Å². The molecule has 0 saturated heterocycles. The number of carbonyl (C=O) groups excluding carboxylic acids is 1. The lowest BCUT2D eigenvalue weighted by atomic mass is 9.94. The minimum Gasteiger partial charge on any atom is -0.463 e. The number of benzene rings is 2. The minimum absolute atomic E-state index is 0.303. The van der Waals surface area contributed by atoms with E-state index < -0.39 is 6.04 Å². The van der Waals surface area contributed by atoms with Crippen LogP contribution >= 0.6 is 12.2 Å². The molecule has 1 aromatic heterocycles. The maximum atomic E-state index is 12.9. The van der Waals surface area contributed by atoms with Crippen LogP contribution in [-0.4, -0.2) is 27.2 Å². The van der Waals surface area contributed by atoms with Crippen molar-refractivity contribution in [2.75, 3.05) is 11.5 Å². The maximum absolute atomic E-state index is 12.9. The molecule has 6 nitrogen and oxygen atoms in total. The lowest BCUT2D eigenvalue weighted by molar-refractivity contribution is -0.139. The van der Waals surface area contributed by atoms with Gasteiger partial charge >= 0.3 is 5.97 Å². The fourth-order valence-corrected chi connectivity index (χ4v) is 3.97. The summed E-state index contributed by atoms with van der Waals surface area (Å²) >= 11 is 5.67. The standard InChI is InChI=1S/C23H22N4O2S/c1-3-29-22(28)20-16(2)27(19-7-5-4-6-8-19)23(30)25-21(20)17-9-11-18(12-10-17)26-14-13-24-15-26/h4-15,21H,3H2,1-2H3,(H,25,30). The van der Waals surface area contributed by atoms with E-state index in [-0.39, 0.29) is 5.97 Å². The second-order valence-electron chi connectivity index (χ2n) is 6.83. The van der Waals surface area contributed by atoms with Crippen molar-refractivity contribution in [1.29, 1.82) is 0 Å². The van der Waals surface area contributed by atoms with Crippen LogP contribution in [0.1, 0.15) is 25.5 Å². The van der Waals surface area contributed by atoms with Crippen LogP contribution < -0.4 is 10.2 Å². The Hall–Kier alpha value is -3.45. The van der Waals surface area contributed by atoms with Gasteiger partial charge < -0.3 is 14.6 Å². The molecule has 0 spiro atoms. The number of rotatable bonds is 5. The number of nitrogens with zero attached hydrogens (tertiary/aromatic N) is 3. The molecule has 1 atom stereocenters. The van der Waals surface area contributed by atoms with Crippen LogP contribution in [0.25, 0.3) is 5.69 Å². The minimum atomic E-state index is -0.395. The molecular formula is C23H22N4O2S. The molecule has 0 radical (unpaired) electrons. The van der Waals surface area contributed by atoms with Crippen molar-refractivity contribution >= 4 is 29.0 Å². The molecule has 152 valence electrons. The summed E-state index contributed by atoms with van der Waals surface area (Å²) in [5, 5.41) is 3.87. The van der Waals surface area contributed by atoms with Crippen molar-refractivity contribution in [1.82, 2.24) is 14.9 Å². The number of anilines is 1. The molecule has 0 fully saturated rings. The van der Waals surface area contributed by atoms with Crippen molar-refractivity contribution < 1.29 is 9.53 Å². The Labute approximate surface area is 180 Å². The summed E-state index contributed by atoms with van der Waals surface area (Å²) in [5.74, 6) is -0.352. The van der Waals surface area contributed by atoms with E-state index in [1.165, 1.54) is 0 Å². The lowest BCUT2D eigenvalue weighted by Gasteiger charge is -2.37. The second kappa shape index (κ2) is 8.51. The van der Waals surface area contributed by atoms with Gasteiger partial charge in [0.15, 0.2) is 5.11 Å². The number of thiocarbonyl (C=S) groups is 1. The summed E-state index contributed by atoms with van der Waals surface area (Å²) in [7, 11) is 0. The van der Waals surface area contributed by atoms with Crippen LogP contribution in [0.4, 0.5) is 5.69 Å². The molecule has 2 heterocycles. The molecule has 0 bridgehead atoms. The fourth-order valence-electron chi connectivity index (χ4n) is 3.60. The van der Waals surface area contributed by atoms with Crippen LogP contribution in [0, 0.1) is 0 Å². The number of imidazole rings is 1. The van der Waals surface area contributed by atoms with Crippen molar-refractivity contribution in [3.8, 4) is 5.69 Å². The van der Waals surface area contributed by atoms with Gasteiger partial charge in [0.05, 0.1) is 24.5 Å². The summed E-state index contributed by atoms with van der Waals surface area (Å²) in [4.78, 5) is 18.9. The van der Waals surface area contributed by atoms with Crippen molar-refractivity contribution in [3.05, 3.63) is 90.2 Å². The van der Waals surface area contributed by atoms with Gasteiger partial charge in [0.2, 0.25) is 0 Å². The van der Waals surface area contributed by atoms with E-state index in [1.807, 2.05) is 77.2 Å². The summed E-state index contributed by atoms with van der Waals surface area (Å²) in [6.45, 7) is 4.01. The van der Waals surface area contributed by atoms with Gasteiger partial charge in [-0.3, -0.25) is 4.90 Å². The monoisotopic (exact) mass is 418 g/mol. The molecule has 0 amide bonds. The van der Waals surface area contributed by atoms with Crippen LogP contribution in [0.5, 0.6) is 0 Å². The Morgan fingerprint density at radius 2 is 1.87 bits per heavy atom. The summed E-state index contributed by atoms with van der Waals surface area (Å²) in [6.07, 6.45) is 5.36. The summed E-state index contributed by atoms with van der Waals surface area (Å²) < 4.78 is 7.31. The van der Waals surface area contributed by atoms with Gasteiger partial charge in [-0.05, 0) is 55.9 Å². The van der Waals surface area contributed by atoms with Crippen molar-refractivity contribution in [2.24, 2.45) is 0 Å². The highest BCUT2D eigenvalue weighted by Crippen LogP contribution is 2.34. The van der Waals surface area contributed by atoms with E-state index in [9.17, 15) is 4.79 Å². The fraction of sp³-hybridized carbons (Fsp3) is 0.174. The van der Waals surface area contributed by atoms with E-state index in [2.05, 4.69) is 10.3 Å². The third-order valence-electron chi connectivity index (χ3n) is 5.02. The summed E-state index contributed by atoms with van der Waals surface area (Å²) in [6, 6.07) is 17.3. The average molecular weight is 419 g/mol. The van der Waals surface area contributed by atoms with Crippen LogP contribution in [-0.2, 0) is 9.53 Å². The average Bonchev–Trinajstić information content (AvgIpc) is 3.29. The number of hydrogen-bond acceptors (Lipinski definition) is 4. The smallest absolute Gasteiger partial charge is 0.338 e. The van der Waals surface area contributed by atoms with E-state index in [0.717, 1.165) is 22.6 Å². The first-order valence-electron chi connectivity index (χ1n) is 9.72. The molecule has 3 aromatic rings. The zero-order valence-electron chi connectivity index (χ0n) is 16.8. The number of esters is 1. The number of nitrogens with one attached hydrogen (secondary N) is 1. The molecule has 2 aromatic carbocycles. The Balaban J connectivity index is 1.76. The molecule has 1 aliphatic heterocycles. The van der Waals surface area contributed by atoms with E-state index in [4.69, 9.17) is 17.0 Å². The number of hydrogen-bond donors (Lipinski definition) is 1. The number of carbonyl (C=O) groups is 1. The highest BCUT2D eigenvalue weighted by atomic mass is 32.1. The van der Waals surface area contributed by atoms with Gasteiger partial charge in [0.1, 0.15) is 0 Å². The first-order chi connectivity index (χ1) is 14.6. The van der Waals surface area contributed by atoms with Gasteiger partial charge in [-0.25, -0.2) is 9.78 Å². The van der Waals surface area contributed by atoms with E-state index >= 15 is 0 Å². The molecule has 7 heteroatoms. The third kappa shape index (κ3) is 3.71. The molecule has 0 aliphatic carbocycles. The lowest BCUT2D eigenvalue weighted by Crippen LogP contribution is -2.48. The number of para-hydroxylation sites is 1. The predicted molar refractivity (Wildman–Crippen MR) is 120 cm³/mol. The van der Waals surface area contributed by atoms with E-state index in [0.29, 0.717) is 17.3 Å².